The minimum Gasteiger partial charge on any atom is -0.475 e. The van der Waals surface area contributed by atoms with Gasteiger partial charge in [0, 0.05) is 5.56 Å². The van der Waals surface area contributed by atoms with E-state index in [1.54, 1.807) is 25.1 Å². The van der Waals surface area contributed by atoms with Crippen LogP contribution in [-0.4, -0.2) is 25.8 Å². The third-order valence-electron chi connectivity index (χ3n) is 2.25. The maximum Gasteiger partial charge on any atom is 0.373 e. The lowest BCUT2D eigenvalue weighted by molar-refractivity contribution is 0.0677. The van der Waals surface area contributed by atoms with Crippen molar-refractivity contribution in [2.45, 2.75) is 13.5 Å². The first kappa shape index (κ1) is 11.3. The molecule has 2 rings (SSSR count). The fourth-order valence-corrected chi connectivity index (χ4v) is 1.51. The minimum absolute atomic E-state index is 0.0507. The molecule has 0 amide bonds. The van der Waals surface area contributed by atoms with Gasteiger partial charge in [0.2, 0.25) is 5.82 Å². The van der Waals surface area contributed by atoms with Gasteiger partial charge in [-0.3, -0.25) is 0 Å². The number of aromatic carboxylic acids is 1. The zero-order chi connectivity index (χ0) is 12.4. The highest BCUT2D eigenvalue weighted by atomic mass is 19.1. The van der Waals surface area contributed by atoms with Crippen LogP contribution in [0, 0.1) is 12.7 Å². The van der Waals surface area contributed by atoms with Crippen molar-refractivity contribution in [1.82, 2.24) is 14.8 Å². The molecule has 0 saturated heterocycles. The maximum absolute atomic E-state index is 13.4. The van der Waals surface area contributed by atoms with E-state index in [4.69, 9.17) is 5.11 Å². The quantitative estimate of drug-likeness (QED) is 0.874. The van der Waals surface area contributed by atoms with Crippen LogP contribution in [0.25, 0.3) is 0 Å². The Balaban J connectivity index is 2.36. The van der Waals surface area contributed by atoms with E-state index in [1.807, 2.05) is 0 Å². The number of aromatic nitrogens is 3. The number of carboxylic acid groups (broad SMARTS) is 1. The number of aryl methyl sites for hydroxylation is 1. The van der Waals surface area contributed by atoms with E-state index in [1.165, 1.54) is 10.7 Å². The second-order valence-corrected chi connectivity index (χ2v) is 3.54. The number of nitrogens with zero attached hydrogens (tertiary/aromatic N) is 3. The van der Waals surface area contributed by atoms with Crippen molar-refractivity contribution in [2.75, 3.05) is 0 Å². The van der Waals surface area contributed by atoms with E-state index in [0.717, 1.165) is 0 Å². The Hall–Kier alpha value is -2.24. The van der Waals surface area contributed by atoms with Crippen LogP contribution in [0.4, 0.5) is 4.39 Å². The van der Waals surface area contributed by atoms with Crippen molar-refractivity contribution in [3.8, 4) is 0 Å². The topological polar surface area (TPSA) is 68.0 Å². The third-order valence-corrected chi connectivity index (χ3v) is 2.25. The van der Waals surface area contributed by atoms with Crippen LogP contribution < -0.4 is 0 Å². The highest BCUT2D eigenvalue weighted by Crippen LogP contribution is 2.09. The standard InChI is InChI=1S/C11H10FN3O2/c1-7-13-10(11(16)17)15(14-7)6-8-4-2-3-5-9(8)12/h2-5H,6H2,1H3,(H,16,17). The lowest BCUT2D eigenvalue weighted by atomic mass is 10.2. The van der Waals surface area contributed by atoms with Gasteiger partial charge in [-0.25, -0.2) is 18.9 Å². The van der Waals surface area contributed by atoms with Crippen molar-refractivity contribution >= 4 is 5.97 Å². The first-order valence-electron chi connectivity index (χ1n) is 4.96. The average Bonchev–Trinajstić information content (AvgIpc) is 2.63. The molecule has 0 unspecified atom stereocenters. The largest absolute Gasteiger partial charge is 0.475 e. The van der Waals surface area contributed by atoms with Gasteiger partial charge in [-0.1, -0.05) is 18.2 Å². The molecular weight excluding hydrogens is 225 g/mol. The van der Waals surface area contributed by atoms with E-state index in [9.17, 15) is 9.18 Å². The van der Waals surface area contributed by atoms with Gasteiger partial charge in [-0.15, -0.1) is 0 Å². The van der Waals surface area contributed by atoms with Gasteiger partial charge < -0.3 is 5.11 Å². The highest BCUT2D eigenvalue weighted by Gasteiger charge is 2.15. The minimum atomic E-state index is -1.18. The van der Waals surface area contributed by atoms with Crippen LogP contribution in [0.2, 0.25) is 0 Å². The molecular formula is C11H10FN3O2. The van der Waals surface area contributed by atoms with E-state index >= 15 is 0 Å². The third kappa shape index (κ3) is 2.30. The molecule has 0 fully saturated rings. The SMILES string of the molecule is Cc1nc(C(=O)O)n(Cc2ccccc2F)n1. The molecule has 6 heteroatoms. The van der Waals surface area contributed by atoms with Gasteiger partial charge in [0.15, 0.2) is 0 Å². The van der Waals surface area contributed by atoms with Crippen molar-refractivity contribution in [2.24, 2.45) is 0 Å². The summed E-state index contributed by atoms with van der Waals surface area (Å²) in [7, 11) is 0. The van der Waals surface area contributed by atoms with Crippen LogP contribution >= 0.6 is 0 Å². The second kappa shape index (κ2) is 4.32. The number of carbonyl (C=O) groups is 1. The molecule has 0 aliphatic carbocycles. The van der Waals surface area contributed by atoms with Gasteiger partial charge in [0.05, 0.1) is 6.54 Å². The Morgan fingerprint density at radius 3 is 2.82 bits per heavy atom. The summed E-state index contributed by atoms with van der Waals surface area (Å²) in [5.41, 5.74) is 0.375. The summed E-state index contributed by atoms with van der Waals surface area (Å²) in [6.07, 6.45) is 0. The normalized spacial score (nSPS) is 10.5. The monoisotopic (exact) mass is 235 g/mol. The van der Waals surface area contributed by atoms with Crippen molar-refractivity contribution in [3.05, 3.63) is 47.3 Å². The van der Waals surface area contributed by atoms with Crippen LogP contribution in [0.3, 0.4) is 0 Å². The highest BCUT2D eigenvalue weighted by molar-refractivity contribution is 5.83. The molecule has 1 heterocycles. The van der Waals surface area contributed by atoms with Crippen molar-refractivity contribution in [1.29, 1.82) is 0 Å². The fourth-order valence-electron chi connectivity index (χ4n) is 1.51. The first-order chi connectivity index (χ1) is 8.08. The predicted molar refractivity (Wildman–Crippen MR) is 57.2 cm³/mol. The van der Waals surface area contributed by atoms with Gasteiger partial charge in [-0.2, -0.15) is 5.10 Å². The Bertz CT molecular complexity index is 566. The number of hydrogen-bond acceptors (Lipinski definition) is 3. The first-order valence-corrected chi connectivity index (χ1v) is 4.96. The number of hydrogen-bond donors (Lipinski definition) is 1. The summed E-state index contributed by atoms with van der Waals surface area (Å²) in [5, 5.41) is 12.8. The Morgan fingerprint density at radius 2 is 2.18 bits per heavy atom. The number of benzene rings is 1. The number of carboxylic acids is 1. The molecule has 17 heavy (non-hydrogen) atoms. The molecule has 0 spiro atoms. The molecule has 0 aliphatic heterocycles. The molecule has 0 saturated carbocycles. The summed E-state index contributed by atoms with van der Waals surface area (Å²) in [6.45, 7) is 1.64. The summed E-state index contributed by atoms with van der Waals surface area (Å²) < 4.78 is 14.6. The molecule has 5 nitrogen and oxygen atoms in total. The van der Waals surface area contributed by atoms with Gasteiger partial charge >= 0.3 is 5.97 Å². The fraction of sp³-hybridized carbons (Fsp3) is 0.182. The van der Waals surface area contributed by atoms with Crippen LogP contribution in [0.1, 0.15) is 22.0 Å². The van der Waals surface area contributed by atoms with Crippen molar-refractivity contribution < 1.29 is 14.3 Å². The van der Waals surface area contributed by atoms with Crippen LogP contribution in [-0.2, 0) is 6.54 Å². The number of rotatable bonds is 3. The Labute approximate surface area is 96.5 Å². The zero-order valence-electron chi connectivity index (χ0n) is 9.09. The summed E-state index contributed by atoms with van der Waals surface area (Å²) in [4.78, 5) is 14.7. The van der Waals surface area contributed by atoms with Gasteiger partial charge in [0.1, 0.15) is 11.6 Å². The molecule has 1 aromatic carbocycles. The maximum atomic E-state index is 13.4. The van der Waals surface area contributed by atoms with Gasteiger partial charge in [-0.05, 0) is 13.0 Å². The van der Waals surface area contributed by atoms with Crippen molar-refractivity contribution in [3.63, 3.8) is 0 Å². The van der Waals surface area contributed by atoms with E-state index in [0.29, 0.717) is 11.4 Å². The van der Waals surface area contributed by atoms with Crippen LogP contribution in [0.15, 0.2) is 24.3 Å². The number of halogens is 1. The molecule has 88 valence electrons. The molecule has 1 aromatic heterocycles. The Morgan fingerprint density at radius 1 is 1.47 bits per heavy atom. The zero-order valence-corrected chi connectivity index (χ0v) is 9.09. The lowest BCUT2D eigenvalue weighted by Gasteiger charge is -2.04. The molecule has 0 aliphatic rings. The molecule has 2 aromatic rings. The van der Waals surface area contributed by atoms with Gasteiger partial charge in [0.25, 0.3) is 0 Å². The second-order valence-electron chi connectivity index (χ2n) is 3.54. The molecule has 0 bridgehead atoms. The molecule has 1 N–H and O–H groups in total. The lowest BCUT2D eigenvalue weighted by Crippen LogP contribution is -2.12. The predicted octanol–water partition coefficient (Wildman–Crippen LogP) is 1.47. The molecule has 0 radical (unpaired) electrons. The summed E-state index contributed by atoms with van der Waals surface area (Å²) in [5.74, 6) is -1.41. The van der Waals surface area contributed by atoms with E-state index in [2.05, 4.69) is 10.1 Å². The Kier molecular flexibility index (Phi) is 2.86. The average molecular weight is 235 g/mol. The smallest absolute Gasteiger partial charge is 0.373 e. The summed E-state index contributed by atoms with van der Waals surface area (Å²) in [6, 6.07) is 6.16. The van der Waals surface area contributed by atoms with E-state index in [-0.39, 0.29) is 12.4 Å². The van der Waals surface area contributed by atoms with Crippen LogP contribution in [0.5, 0.6) is 0 Å². The summed E-state index contributed by atoms with van der Waals surface area (Å²) >= 11 is 0. The molecule has 0 atom stereocenters. The van der Waals surface area contributed by atoms with E-state index < -0.39 is 11.8 Å².